The molecule has 0 unspecified atom stereocenters. The number of rotatable bonds is 5. The summed E-state index contributed by atoms with van der Waals surface area (Å²) in [5.41, 5.74) is -1.11. The lowest BCUT2D eigenvalue weighted by Crippen LogP contribution is -2.37. The molecule has 1 saturated carbocycles. The van der Waals surface area contributed by atoms with Crippen molar-refractivity contribution in [1.82, 2.24) is 5.32 Å². The normalized spacial score (nSPS) is 17.5. The molecule has 0 spiro atoms. The average molecular weight is 183 g/mol. The number of hydrogen-bond acceptors (Lipinski definition) is 2. The molecule has 2 N–H and O–H groups in total. The molecule has 0 aromatic carbocycles. The van der Waals surface area contributed by atoms with Crippen LogP contribution in [-0.4, -0.2) is 23.5 Å². The van der Waals surface area contributed by atoms with Crippen LogP contribution >= 0.6 is 0 Å². The van der Waals surface area contributed by atoms with Gasteiger partial charge in [0.25, 0.3) is 0 Å². The topological polar surface area (TPSA) is 66.4 Å². The summed E-state index contributed by atoms with van der Waals surface area (Å²) in [6.45, 7) is 3.97. The van der Waals surface area contributed by atoms with Crippen LogP contribution in [0.3, 0.4) is 0 Å². The molecule has 0 saturated heterocycles. The predicted molar refractivity (Wildman–Crippen MR) is 47.1 cm³/mol. The standard InChI is InChI=1S/C9H13NO3/c1-2-3-6-10-7(11)9(4-5-9)8(12)13/h2H,1,3-6H2,(H,10,11)(H,12,13). The van der Waals surface area contributed by atoms with E-state index in [0.29, 0.717) is 25.8 Å². The number of amides is 1. The number of nitrogens with one attached hydrogen (secondary N) is 1. The van der Waals surface area contributed by atoms with Gasteiger partial charge in [0.1, 0.15) is 5.41 Å². The zero-order valence-electron chi connectivity index (χ0n) is 7.38. The van der Waals surface area contributed by atoms with Crippen LogP contribution in [-0.2, 0) is 9.59 Å². The summed E-state index contributed by atoms with van der Waals surface area (Å²) in [6.07, 6.45) is 3.27. The highest BCUT2D eigenvalue weighted by atomic mass is 16.4. The SMILES string of the molecule is C=CCCNC(=O)C1(C(=O)O)CC1. The second kappa shape index (κ2) is 3.60. The van der Waals surface area contributed by atoms with Crippen LogP contribution in [0, 0.1) is 5.41 Å². The fourth-order valence-corrected chi connectivity index (χ4v) is 1.12. The first-order chi connectivity index (χ1) is 6.13. The number of carbonyl (C=O) groups excluding carboxylic acids is 1. The van der Waals surface area contributed by atoms with Crippen LogP contribution < -0.4 is 5.32 Å². The lowest BCUT2D eigenvalue weighted by atomic mass is 10.1. The smallest absolute Gasteiger partial charge is 0.319 e. The van der Waals surface area contributed by atoms with E-state index in [2.05, 4.69) is 11.9 Å². The van der Waals surface area contributed by atoms with Crippen molar-refractivity contribution in [2.75, 3.05) is 6.54 Å². The largest absolute Gasteiger partial charge is 0.480 e. The summed E-state index contributed by atoms with van der Waals surface area (Å²) in [5, 5.41) is 11.3. The highest BCUT2D eigenvalue weighted by Crippen LogP contribution is 2.45. The summed E-state index contributed by atoms with van der Waals surface area (Å²) < 4.78 is 0. The van der Waals surface area contributed by atoms with E-state index >= 15 is 0 Å². The van der Waals surface area contributed by atoms with Crippen molar-refractivity contribution in [3.63, 3.8) is 0 Å². The van der Waals surface area contributed by atoms with Gasteiger partial charge in [0, 0.05) is 6.54 Å². The van der Waals surface area contributed by atoms with E-state index in [1.54, 1.807) is 6.08 Å². The average Bonchev–Trinajstić information content (AvgIpc) is 2.84. The van der Waals surface area contributed by atoms with Crippen molar-refractivity contribution in [1.29, 1.82) is 0 Å². The third-order valence-corrected chi connectivity index (χ3v) is 2.23. The Labute approximate surface area is 76.6 Å². The van der Waals surface area contributed by atoms with Crippen LogP contribution in [0.4, 0.5) is 0 Å². The fourth-order valence-electron chi connectivity index (χ4n) is 1.12. The quantitative estimate of drug-likeness (QED) is 0.371. The minimum absolute atomic E-state index is 0.359. The number of hydrogen-bond donors (Lipinski definition) is 2. The van der Waals surface area contributed by atoms with E-state index in [4.69, 9.17) is 5.11 Å². The van der Waals surface area contributed by atoms with Gasteiger partial charge in [-0.1, -0.05) is 6.08 Å². The lowest BCUT2D eigenvalue weighted by molar-refractivity contribution is -0.149. The molecule has 1 aliphatic rings. The molecule has 0 atom stereocenters. The van der Waals surface area contributed by atoms with Gasteiger partial charge in [0.05, 0.1) is 0 Å². The molecule has 0 heterocycles. The van der Waals surface area contributed by atoms with E-state index < -0.39 is 11.4 Å². The molecule has 0 radical (unpaired) electrons. The number of carboxylic acid groups (broad SMARTS) is 1. The molecule has 0 aromatic heterocycles. The molecule has 1 fully saturated rings. The molecule has 0 aliphatic heterocycles. The van der Waals surface area contributed by atoms with E-state index in [0.717, 1.165) is 0 Å². The molecule has 1 amide bonds. The first kappa shape index (κ1) is 9.77. The Balaban J connectivity index is 2.39. The van der Waals surface area contributed by atoms with E-state index in [1.165, 1.54) is 0 Å². The molecule has 1 rings (SSSR count). The third kappa shape index (κ3) is 1.88. The fraction of sp³-hybridized carbons (Fsp3) is 0.556. The molecule has 13 heavy (non-hydrogen) atoms. The summed E-state index contributed by atoms with van der Waals surface area (Å²) in [5.74, 6) is -1.37. The molecule has 4 nitrogen and oxygen atoms in total. The van der Waals surface area contributed by atoms with Crippen molar-refractivity contribution >= 4 is 11.9 Å². The van der Waals surface area contributed by atoms with E-state index in [1.807, 2.05) is 0 Å². The molecule has 0 bridgehead atoms. The van der Waals surface area contributed by atoms with Gasteiger partial charge in [0.15, 0.2) is 0 Å². The van der Waals surface area contributed by atoms with Crippen molar-refractivity contribution in [3.8, 4) is 0 Å². The molecular formula is C9H13NO3. The summed E-state index contributed by atoms with van der Waals surface area (Å²) >= 11 is 0. The van der Waals surface area contributed by atoms with Crippen molar-refractivity contribution in [3.05, 3.63) is 12.7 Å². The van der Waals surface area contributed by atoms with Crippen LogP contribution in [0.1, 0.15) is 19.3 Å². The van der Waals surface area contributed by atoms with Gasteiger partial charge in [-0.15, -0.1) is 6.58 Å². The Morgan fingerprint density at radius 3 is 2.54 bits per heavy atom. The minimum atomic E-state index is -1.11. The number of aliphatic carboxylic acids is 1. The van der Waals surface area contributed by atoms with Crippen molar-refractivity contribution < 1.29 is 14.7 Å². The van der Waals surface area contributed by atoms with E-state index in [-0.39, 0.29) is 5.91 Å². The molecule has 1 aliphatic carbocycles. The second-order valence-corrected chi connectivity index (χ2v) is 3.22. The summed E-state index contributed by atoms with van der Waals surface area (Å²) in [6, 6.07) is 0. The Hall–Kier alpha value is -1.32. The third-order valence-electron chi connectivity index (χ3n) is 2.23. The molecule has 72 valence electrons. The Morgan fingerprint density at radius 1 is 1.54 bits per heavy atom. The zero-order chi connectivity index (χ0) is 9.90. The first-order valence-corrected chi connectivity index (χ1v) is 4.26. The van der Waals surface area contributed by atoms with Gasteiger partial charge in [0.2, 0.25) is 5.91 Å². The highest BCUT2D eigenvalue weighted by Gasteiger charge is 2.56. The van der Waals surface area contributed by atoms with Crippen LogP contribution in [0.25, 0.3) is 0 Å². The van der Waals surface area contributed by atoms with Crippen LogP contribution in [0.5, 0.6) is 0 Å². The monoisotopic (exact) mass is 183 g/mol. The van der Waals surface area contributed by atoms with Gasteiger partial charge >= 0.3 is 5.97 Å². The van der Waals surface area contributed by atoms with Crippen LogP contribution in [0.15, 0.2) is 12.7 Å². The van der Waals surface area contributed by atoms with Crippen molar-refractivity contribution in [2.24, 2.45) is 5.41 Å². The Kier molecular flexibility index (Phi) is 2.70. The zero-order valence-corrected chi connectivity index (χ0v) is 7.38. The van der Waals surface area contributed by atoms with E-state index in [9.17, 15) is 9.59 Å². The predicted octanol–water partition coefficient (Wildman–Crippen LogP) is 0.543. The maximum Gasteiger partial charge on any atom is 0.319 e. The second-order valence-electron chi connectivity index (χ2n) is 3.22. The molecule has 4 heteroatoms. The Bertz CT molecular complexity index is 243. The maximum atomic E-state index is 11.3. The number of carbonyl (C=O) groups is 2. The van der Waals surface area contributed by atoms with Crippen molar-refractivity contribution in [2.45, 2.75) is 19.3 Å². The lowest BCUT2D eigenvalue weighted by Gasteiger charge is -2.09. The minimum Gasteiger partial charge on any atom is -0.480 e. The maximum absolute atomic E-state index is 11.3. The number of carboxylic acids is 1. The molecular weight excluding hydrogens is 170 g/mol. The van der Waals surface area contributed by atoms with Gasteiger partial charge < -0.3 is 10.4 Å². The summed E-state index contributed by atoms with van der Waals surface area (Å²) in [7, 11) is 0. The Morgan fingerprint density at radius 2 is 2.15 bits per heavy atom. The van der Waals surface area contributed by atoms with Gasteiger partial charge in [-0.2, -0.15) is 0 Å². The van der Waals surface area contributed by atoms with Crippen LogP contribution in [0.2, 0.25) is 0 Å². The molecule has 0 aromatic rings. The highest BCUT2D eigenvalue weighted by molar-refractivity contribution is 6.04. The van der Waals surface area contributed by atoms with Gasteiger partial charge in [-0.3, -0.25) is 9.59 Å². The van der Waals surface area contributed by atoms with Gasteiger partial charge in [-0.25, -0.2) is 0 Å². The van der Waals surface area contributed by atoms with Gasteiger partial charge in [-0.05, 0) is 19.3 Å². The first-order valence-electron chi connectivity index (χ1n) is 4.26. The summed E-state index contributed by atoms with van der Waals surface area (Å²) in [4.78, 5) is 22.0.